The number of benzene rings is 2. The number of rotatable bonds is 7. The van der Waals surface area contributed by atoms with Crippen molar-refractivity contribution in [3.8, 4) is 11.5 Å². The normalized spacial score (nSPS) is 13.0. The van der Waals surface area contributed by atoms with Crippen LogP contribution in [-0.2, 0) is 33.9 Å². The van der Waals surface area contributed by atoms with Gasteiger partial charge in [-0.2, -0.15) is 16.8 Å². The lowest BCUT2D eigenvalue weighted by atomic mass is 10.3. The summed E-state index contributed by atoms with van der Waals surface area (Å²) in [6.07, 6.45) is 0. The van der Waals surface area contributed by atoms with E-state index in [9.17, 15) is 16.8 Å². The van der Waals surface area contributed by atoms with E-state index in [1.54, 1.807) is 12.1 Å². The highest BCUT2D eigenvalue weighted by molar-refractivity contribution is 7.81. The van der Waals surface area contributed by atoms with Crippen LogP contribution >= 0.6 is 22.7 Å². The molecular formula is C18H24N6O8S4. The number of nitrogens with zero attached hydrogens (tertiary/aromatic N) is 4. The molecule has 0 atom stereocenters. The molecule has 36 heavy (non-hydrogen) atoms. The van der Waals surface area contributed by atoms with E-state index in [-0.39, 0.29) is 23.8 Å². The van der Waals surface area contributed by atoms with E-state index < -0.39 is 20.8 Å². The lowest BCUT2D eigenvalue weighted by Gasteiger charge is -2.03. The van der Waals surface area contributed by atoms with E-state index >= 15 is 0 Å². The maximum atomic E-state index is 11.0. The van der Waals surface area contributed by atoms with Crippen LogP contribution in [0.25, 0.3) is 20.4 Å². The third-order valence-corrected chi connectivity index (χ3v) is 7.43. The van der Waals surface area contributed by atoms with Crippen molar-refractivity contribution >= 4 is 63.9 Å². The molecule has 0 amide bonds. The second-order valence-electron chi connectivity index (χ2n) is 6.74. The average Bonchev–Trinajstić information content (AvgIpc) is 3.25. The van der Waals surface area contributed by atoms with Gasteiger partial charge in [0.1, 0.15) is 11.5 Å². The number of thiazole rings is 2. The fourth-order valence-electron chi connectivity index (χ4n) is 3.30. The Morgan fingerprint density at radius 2 is 1.11 bits per heavy atom. The summed E-state index contributed by atoms with van der Waals surface area (Å²) in [5, 5.41) is 8.79. The zero-order valence-electron chi connectivity index (χ0n) is 19.1. The van der Waals surface area contributed by atoms with Crippen molar-refractivity contribution in [3.63, 3.8) is 0 Å². The number of aryl methyl sites for hydroxylation is 2. The minimum absolute atomic E-state index is 0. The first-order valence-corrected chi connectivity index (χ1v) is 14.0. The van der Waals surface area contributed by atoms with Crippen LogP contribution in [0.4, 0.5) is 0 Å². The molecule has 0 fully saturated rings. The second kappa shape index (κ2) is 11.0. The Labute approximate surface area is 213 Å². The summed E-state index contributed by atoms with van der Waals surface area (Å²) in [5.74, 6) is -0.0570. The molecule has 2 heterocycles. The van der Waals surface area contributed by atoms with Gasteiger partial charge in [-0.05, 0) is 38.1 Å². The summed E-state index contributed by atoms with van der Waals surface area (Å²) < 4.78 is 76.0. The SMILES string of the molecule is CCn1c(=NN=c2sc3cc(OS(=O)(=O)O)ccc3n2CC)sc2cc(OS(=O)(=O)O)ccc21.N.N. The summed E-state index contributed by atoms with van der Waals surface area (Å²) in [4.78, 5) is 1.11. The van der Waals surface area contributed by atoms with Crippen molar-refractivity contribution in [3.05, 3.63) is 46.0 Å². The lowest BCUT2D eigenvalue weighted by molar-refractivity contribution is 0.384. The zero-order chi connectivity index (χ0) is 24.7. The molecule has 0 spiro atoms. The molecule has 14 nitrogen and oxygen atoms in total. The summed E-state index contributed by atoms with van der Waals surface area (Å²) in [7, 11) is -9.27. The Balaban J connectivity index is 0.00000228. The molecule has 18 heteroatoms. The van der Waals surface area contributed by atoms with Gasteiger partial charge < -0.3 is 29.8 Å². The minimum atomic E-state index is -4.64. The summed E-state index contributed by atoms with van der Waals surface area (Å²) in [5.41, 5.74) is 1.58. The Morgan fingerprint density at radius 3 is 1.42 bits per heavy atom. The Hall–Kier alpha value is -2.84. The molecule has 0 aliphatic rings. The smallest absolute Gasteiger partial charge is 0.362 e. The van der Waals surface area contributed by atoms with Gasteiger partial charge in [-0.15, -0.1) is 10.2 Å². The molecule has 4 rings (SSSR count). The molecule has 198 valence electrons. The molecule has 0 aliphatic heterocycles. The van der Waals surface area contributed by atoms with Crippen molar-refractivity contribution in [1.82, 2.24) is 21.4 Å². The molecule has 8 N–H and O–H groups in total. The highest BCUT2D eigenvalue weighted by Crippen LogP contribution is 2.25. The standard InChI is InChI=1S/C18H18N4O8S4.2H3N/c1-3-21-13-7-5-11(29-33(23,24)25)9-15(13)31-17(21)19-20-18-22(4-2)14-8-6-12(10-16(14)32-18)30-34(26,27)28;;/h5-10H,3-4H2,1-2H3,(H,23,24,25)(H,26,27,28);2*1H3. The molecule has 2 aromatic carbocycles. The van der Waals surface area contributed by atoms with Crippen LogP contribution in [0, 0.1) is 0 Å². The molecule has 0 saturated carbocycles. The first kappa shape index (κ1) is 29.4. The highest BCUT2D eigenvalue weighted by atomic mass is 32.3. The van der Waals surface area contributed by atoms with Gasteiger partial charge in [0.15, 0.2) is 0 Å². The molecule has 2 aromatic heterocycles. The maximum absolute atomic E-state index is 11.0. The number of fused-ring (bicyclic) bond motifs is 2. The first-order chi connectivity index (χ1) is 16.0. The molecule has 0 saturated heterocycles. The highest BCUT2D eigenvalue weighted by Gasteiger charge is 2.12. The van der Waals surface area contributed by atoms with Crippen molar-refractivity contribution < 1.29 is 34.3 Å². The van der Waals surface area contributed by atoms with E-state index in [0.29, 0.717) is 32.1 Å². The van der Waals surface area contributed by atoms with Crippen molar-refractivity contribution in [2.75, 3.05) is 0 Å². The Kier molecular flexibility index (Phi) is 9.02. The third kappa shape index (κ3) is 6.48. The van der Waals surface area contributed by atoms with Crippen molar-refractivity contribution in [1.29, 1.82) is 0 Å². The predicted molar refractivity (Wildman–Crippen MR) is 137 cm³/mol. The fourth-order valence-corrected chi connectivity index (χ4v) is 6.15. The van der Waals surface area contributed by atoms with E-state index in [0.717, 1.165) is 11.0 Å². The topological polar surface area (TPSA) is 232 Å². The van der Waals surface area contributed by atoms with Crippen LogP contribution in [0.2, 0.25) is 0 Å². The van der Waals surface area contributed by atoms with Gasteiger partial charge in [0.05, 0.1) is 20.4 Å². The van der Waals surface area contributed by atoms with Crippen LogP contribution in [0.15, 0.2) is 46.6 Å². The second-order valence-corrected chi connectivity index (χ2v) is 10.8. The van der Waals surface area contributed by atoms with E-state index in [2.05, 4.69) is 18.6 Å². The van der Waals surface area contributed by atoms with Gasteiger partial charge in [-0.1, -0.05) is 22.7 Å². The Bertz CT molecular complexity index is 1620. The van der Waals surface area contributed by atoms with E-state index in [1.165, 1.54) is 46.9 Å². The number of aromatic nitrogens is 2. The lowest BCUT2D eigenvalue weighted by Crippen LogP contribution is -2.16. The van der Waals surface area contributed by atoms with Gasteiger partial charge in [0, 0.05) is 25.2 Å². The summed E-state index contributed by atoms with van der Waals surface area (Å²) in [6, 6.07) is 9.16. The number of hydrogen-bond donors (Lipinski definition) is 4. The zero-order valence-corrected chi connectivity index (χ0v) is 22.3. The quantitative estimate of drug-likeness (QED) is 0.184. The van der Waals surface area contributed by atoms with Crippen LogP contribution < -0.4 is 30.3 Å². The van der Waals surface area contributed by atoms with Crippen LogP contribution in [0.5, 0.6) is 11.5 Å². The van der Waals surface area contributed by atoms with Crippen LogP contribution in [0.3, 0.4) is 0 Å². The Morgan fingerprint density at radius 1 is 0.750 bits per heavy atom. The van der Waals surface area contributed by atoms with Gasteiger partial charge in [-0.3, -0.25) is 9.11 Å². The molecule has 0 bridgehead atoms. The minimum Gasteiger partial charge on any atom is -0.362 e. The average molecular weight is 581 g/mol. The van der Waals surface area contributed by atoms with Gasteiger partial charge in [0.25, 0.3) is 0 Å². The van der Waals surface area contributed by atoms with Crippen molar-refractivity contribution in [2.45, 2.75) is 26.9 Å². The largest absolute Gasteiger partial charge is 0.446 e. The molecule has 4 aromatic rings. The predicted octanol–water partition coefficient (Wildman–Crippen LogP) is 2.86. The molecule has 0 aliphatic carbocycles. The fraction of sp³-hybridized carbons (Fsp3) is 0.222. The molecular weight excluding hydrogens is 557 g/mol. The third-order valence-electron chi connectivity index (χ3n) is 4.57. The first-order valence-electron chi connectivity index (χ1n) is 9.65. The monoisotopic (exact) mass is 580 g/mol. The van der Waals surface area contributed by atoms with Gasteiger partial charge in [-0.25, -0.2) is 0 Å². The van der Waals surface area contributed by atoms with Gasteiger partial charge in [0.2, 0.25) is 9.60 Å². The molecule has 0 unspecified atom stereocenters. The molecule has 0 radical (unpaired) electrons. The van der Waals surface area contributed by atoms with E-state index in [1.807, 2.05) is 23.0 Å². The van der Waals surface area contributed by atoms with Gasteiger partial charge >= 0.3 is 20.8 Å². The van der Waals surface area contributed by atoms with E-state index in [4.69, 9.17) is 9.11 Å². The van der Waals surface area contributed by atoms with Crippen molar-refractivity contribution in [2.24, 2.45) is 10.2 Å². The maximum Gasteiger partial charge on any atom is 0.446 e. The van der Waals surface area contributed by atoms with Crippen LogP contribution in [-0.4, -0.2) is 35.1 Å². The summed E-state index contributed by atoms with van der Waals surface area (Å²) >= 11 is 2.53. The van der Waals surface area contributed by atoms with Crippen LogP contribution in [0.1, 0.15) is 13.8 Å². The number of hydrogen-bond acceptors (Lipinski definition) is 12. The summed E-state index contributed by atoms with van der Waals surface area (Å²) in [6.45, 7) is 5.00.